The first-order valence-electron chi connectivity index (χ1n) is 8.19. The second kappa shape index (κ2) is 7.26. The van der Waals surface area contributed by atoms with Gasteiger partial charge in [0.2, 0.25) is 5.95 Å². The van der Waals surface area contributed by atoms with Gasteiger partial charge in [0.1, 0.15) is 5.75 Å². The number of ether oxygens (including phenoxy) is 1. The van der Waals surface area contributed by atoms with Crippen LogP contribution >= 0.6 is 0 Å². The van der Waals surface area contributed by atoms with Crippen molar-refractivity contribution in [3.05, 3.63) is 30.5 Å². The molecule has 3 rings (SSSR count). The molecule has 0 radical (unpaired) electrons. The minimum Gasteiger partial charge on any atom is -0.491 e. The Bertz CT molecular complexity index is 623. The third kappa shape index (κ3) is 4.31. The highest BCUT2D eigenvalue weighted by atomic mass is 16.5. The van der Waals surface area contributed by atoms with Crippen molar-refractivity contribution in [3.63, 3.8) is 0 Å². The highest BCUT2D eigenvalue weighted by Gasteiger charge is 2.13. The zero-order valence-electron chi connectivity index (χ0n) is 13.7. The molecule has 0 atom stereocenters. The molecule has 1 N–H and O–H groups in total. The molecule has 6 nitrogen and oxygen atoms in total. The van der Waals surface area contributed by atoms with Crippen molar-refractivity contribution in [2.75, 3.05) is 23.3 Å². The fourth-order valence-corrected chi connectivity index (χ4v) is 2.64. The molecule has 0 saturated carbocycles. The van der Waals surface area contributed by atoms with E-state index in [9.17, 15) is 0 Å². The van der Waals surface area contributed by atoms with Gasteiger partial charge in [0.05, 0.1) is 12.3 Å². The number of hydrogen-bond acceptors (Lipinski definition) is 6. The zero-order valence-corrected chi connectivity index (χ0v) is 13.7. The topological polar surface area (TPSA) is 63.2 Å². The molecule has 1 aliphatic rings. The summed E-state index contributed by atoms with van der Waals surface area (Å²) >= 11 is 0. The van der Waals surface area contributed by atoms with Gasteiger partial charge in [-0.25, -0.2) is 0 Å². The Hall–Kier alpha value is -2.37. The van der Waals surface area contributed by atoms with E-state index in [0.717, 1.165) is 30.3 Å². The Kier molecular flexibility index (Phi) is 4.90. The summed E-state index contributed by atoms with van der Waals surface area (Å²) in [5.74, 6) is 2.26. The van der Waals surface area contributed by atoms with Crippen LogP contribution < -0.4 is 15.0 Å². The molecule has 2 heterocycles. The maximum atomic E-state index is 5.64. The average Bonchev–Trinajstić information content (AvgIpc) is 2.57. The highest BCUT2D eigenvalue weighted by molar-refractivity contribution is 5.55. The SMILES string of the molecule is CC(C)Oc1ccc(Nc2nncc(N3CCCCC3)n2)cc1. The highest BCUT2D eigenvalue weighted by Crippen LogP contribution is 2.21. The molecule has 0 unspecified atom stereocenters. The molecule has 1 aromatic heterocycles. The molecule has 0 aliphatic carbocycles. The smallest absolute Gasteiger partial charge is 0.249 e. The first-order valence-corrected chi connectivity index (χ1v) is 8.19. The van der Waals surface area contributed by atoms with E-state index >= 15 is 0 Å². The molecular formula is C17H23N5O. The molecule has 1 aromatic carbocycles. The van der Waals surface area contributed by atoms with E-state index in [0.29, 0.717) is 5.95 Å². The van der Waals surface area contributed by atoms with Gasteiger partial charge in [-0.2, -0.15) is 10.1 Å². The van der Waals surface area contributed by atoms with E-state index < -0.39 is 0 Å². The number of benzene rings is 1. The second-order valence-corrected chi connectivity index (χ2v) is 6.00. The van der Waals surface area contributed by atoms with Gasteiger partial charge in [-0.3, -0.25) is 0 Å². The lowest BCUT2D eigenvalue weighted by molar-refractivity contribution is 0.242. The standard InChI is InChI=1S/C17H23N5O/c1-13(2)23-15-8-6-14(7-9-15)19-17-20-16(12-18-21-17)22-10-4-3-5-11-22/h6-9,12-13H,3-5,10-11H2,1-2H3,(H,19,20,21). The first kappa shape index (κ1) is 15.5. The summed E-state index contributed by atoms with van der Waals surface area (Å²) in [4.78, 5) is 6.84. The predicted octanol–water partition coefficient (Wildman–Crippen LogP) is 3.39. The van der Waals surface area contributed by atoms with Crippen molar-refractivity contribution in [1.29, 1.82) is 0 Å². The summed E-state index contributed by atoms with van der Waals surface area (Å²) in [5, 5.41) is 11.3. The Labute approximate surface area is 136 Å². The summed E-state index contributed by atoms with van der Waals surface area (Å²) in [5.41, 5.74) is 0.915. The van der Waals surface area contributed by atoms with E-state index in [2.05, 4.69) is 25.4 Å². The van der Waals surface area contributed by atoms with Crippen LogP contribution in [0.15, 0.2) is 30.5 Å². The zero-order chi connectivity index (χ0) is 16.1. The lowest BCUT2D eigenvalue weighted by Gasteiger charge is -2.27. The summed E-state index contributed by atoms with van der Waals surface area (Å²) in [7, 11) is 0. The van der Waals surface area contributed by atoms with Crippen molar-refractivity contribution in [3.8, 4) is 5.75 Å². The molecule has 0 amide bonds. The first-order chi connectivity index (χ1) is 11.2. The lowest BCUT2D eigenvalue weighted by Crippen LogP contribution is -2.30. The van der Waals surface area contributed by atoms with Gasteiger partial charge in [0.25, 0.3) is 0 Å². The normalized spacial score (nSPS) is 14.8. The number of aromatic nitrogens is 3. The van der Waals surface area contributed by atoms with Crippen LogP contribution in [0.3, 0.4) is 0 Å². The molecule has 1 saturated heterocycles. The van der Waals surface area contributed by atoms with E-state index in [1.165, 1.54) is 19.3 Å². The lowest BCUT2D eigenvalue weighted by atomic mass is 10.1. The summed E-state index contributed by atoms with van der Waals surface area (Å²) < 4.78 is 5.64. The third-order valence-electron chi connectivity index (χ3n) is 3.71. The molecule has 23 heavy (non-hydrogen) atoms. The molecule has 6 heteroatoms. The van der Waals surface area contributed by atoms with E-state index in [4.69, 9.17) is 4.74 Å². The van der Waals surface area contributed by atoms with Crippen LogP contribution in [0.5, 0.6) is 5.75 Å². The molecular weight excluding hydrogens is 290 g/mol. The van der Waals surface area contributed by atoms with E-state index in [1.54, 1.807) is 6.20 Å². The number of anilines is 3. The maximum absolute atomic E-state index is 5.64. The fraction of sp³-hybridized carbons (Fsp3) is 0.471. The minimum absolute atomic E-state index is 0.169. The van der Waals surface area contributed by atoms with E-state index in [-0.39, 0.29) is 6.10 Å². The van der Waals surface area contributed by atoms with Crippen molar-refractivity contribution >= 4 is 17.5 Å². The third-order valence-corrected chi connectivity index (χ3v) is 3.71. The van der Waals surface area contributed by atoms with Gasteiger partial charge in [0, 0.05) is 18.8 Å². The fourth-order valence-electron chi connectivity index (χ4n) is 2.64. The van der Waals surface area contributed by atoms with Crippen LogP contribution in [-0.2, 0) is 0 Å². The quantitative estimate of drug-likeness (QED) is 0.913. The van der Waals surface area contributed by atoms with Gasteiger partial charge in [-0.05, 0) is 57.4 Å². The van der Waals surface area contributed by atoms with Crippen molar-refractivity contribution in [1.82, 2.24) is 15.2 Å². The summed E-state index contributed by atoms with van der Waals surface area (Å²) in [6, 6.07) is 7.78. The maximum Gasteiger partial charge on any atom is 0.249 e. The number of nitrogens with one attached hydrogen (secondary N) is 1. The van der Waals surface area contributed by atoms with Crippen LogP contribution in [0.1, 0.15) is 33.1 Å². The molecule has 0 spiro atoms. The Morgan fingerprint density at radius 2 is 1.83 bits per heavy atom. The number of nitrogens with zero attached hydrogens (tertiary/aromatic N) is 4. The second-order valence-electron chi connectivity index (χ2n) is 6.00. The Balaban J connectivity index is 1.67. The van der Waals surface area contributed by atoms with Crippen molar-refractivity contribution < 1.29 is 4.74 Å². The number of hydrogen-bond donors (Lipinski definition) is 1. The van der Waals surface area contributed by atoms with Crippen molar-refractivity contribution in [2.45, 2.75) is 39.2 Å². The summed E-state index contributed by atoms with van der Waals surface area (Å²) in [6.45, 7) is 6.11. The monoisotopic (exact) mass is 313 g/mol. The van der Waals surface area contributed by atoms with Crippen LogP contribution in [0.2, 0.25) is 0 Å². The van der Waals surface area contributed by atoms with Crippen LogP contribution in [0.25, 0.3) is 0 Å². The van der Waals surface area contributed by atoms with Gasteiger partial charge in [-0.15, -0.1) is 5.10 Å². The minimum atomic E-state index is 0.169. The summed E-state index contributed by atoms with van der Waals surface area (Å²) in [6.07, 6.45) is 5.62. The van der Waals surface area contributed by atoms with E-state index in [1.807, 2.05) is 38.1 Å². The van der Waals surface area contributed by atoms with Crippen LogP contribution in [-0.4, -0.2) is 34.4 Å². The largest absolute Gasteiger partial charge is 0.491 e. The molecule has 2 aromatic rings. The van der Waals surface area contributed by atoms with Crippen LogP contribution in [0, 0.1) is 0 Å². The number of rotatable bonds is 5. The van der Waals surface area contributed by atoms with Gasteiger partial charge in [-0.1, -0.05) is 0 Å². The van der Waals surface area contributed by atoms with Gasteiger partial charge >= 0.3 is 0 Å². The molecule has 122 valence electrons. The van der Waals surface area contributed by atoms with Crippen molar-refractivity contribution in [2.24, 2.45) is 0 Å². The molecule has 0 bridgehead atoms. The predicted molar refractivity (Wildman–Crippen MR) is 91.4 cm³/mol. The number of piperidine rings is 1. The molecule has 1 aliphatic heterocycles. The molecule has 1 fully saturated rings. The van der Waals surface area contributed by atoms with Gasteiger partial charge < -0.3 is 15.0 Å². The van der Waals surface area contributed by atoms with Gasteiger partial charge in [0.15, 0.2) is 5.82 Å². The Morgan fingerprint density at radius 1 is 1.09 bits per heavy atom. The van der Waals surface area contributed by atoms with Crippen LogP contribution in [0.4, 0.5) is 17.5 Å². The average molecular weight is 313 g/mol. The Morgan fingerprint density at radius 3 is 2.52 bits per heavy atom.